The van der Waals surface area contributed by atoms with Crippen molar-refractivity contribution in [3.63, 3.8) is 0 Å². The van der Waals surface area contributed by atoms with E-state index in [1.807, 2.05) is 36.4 Å². The van der Waals surface area contributed by atoms with E-state index in [-0.39, 0.29) is 0 Å². The number of aromatic nitrogens is 1. The van der Waals surface area contributed by atoms with E-state index < -0.39 is 0 Å². The number of nitrogens with zero attached hydrogens (tertiary/aromatic N) is 1. The van der Waals surface area contributed by atoms with Crippen LogP contribution >= 0.6 is 0 Å². The Morgan fingerprint density at radius 3 is 2.75 bits per heavy atom. The maximum atomic E-state index is 5.68. The Morgan fingerprint density at radius 2 is 1.88 bits per heavy atom. The van der Waals surface area contributed by atoms with E-state index >= 15 is 0 Å². The fourth-order valence-electron chi connectivity index (χ4n) is 1.82. The third-order valence-corrected chi connectivity index (χ3v) is 2.54. The van der Waals surface area contributed by atoms with Crippen molar-refractivity contribution < 1.29 is 4.42 Å². The predicted octanol–water partition coefficient (Wildman–Crippen LogP) is 3.08. The second-order valence-electron chi connectivity index (χ2n) is 3.59. The molecule has 0 bridgehead atoms. The van der Waals surface area contributed by atoms with Gasteiger partial charge in [-0.25, -0.2) is 4.98 Å². The van der Waals surface area contributed by atoms with Crippen LogP contribution in [0, 0.1) is 0 Å². The molecule has 3 heteroatoms. The molecule has 0 aliphatic carbocycles. The van der Waals surface area contributed by atoms with Crippen LogP contribution < -0.4 is 5.73 Å². The van der Waals surface area contributed by atoms with Gasteiger partial charge in [-0.1, -0.05) is 18.2 Å². The fourth-order valence-corrected chi connectivity index (χ4v) is 1.82. The van der Waals surface area contributed by atoms with Gasteiger partial charge >= 0.3 is 0 Å². The first kappa shape index (κ1) is 8.97. The topological polar surface area (TPSA) is 52.0 Å². The zero-order valence-electron chi connectivity index (χ0n) is 8.55. The summed E-state index contributed by atoms with van der Waals surface area (Å²) >= 11 is 0. The normalized spacial score (nSPS) is 10.8. The van der Waals surface area contributed by atoms with Gasteiger partial charge in [0.2, 0.25) is 0 Å². The molecule has 3 nitrogen and oxygen atoms in total. The van der Waals surface area contributed by atoms with Crippen LogP contribution in [0.5, 0.6) is 0 Å². The van der Waals surface area contributed by atoms with Crippen molar-refractivity contribution in [1.29, 1.82) is 0 Å². The van der Waals surface area contributed by atoms with Gasteiger partial charge in [0.25, 0.3) is 0 Å². The van der Waals surface area contributed by atoms with Crippen LogP contribution in [0.2, 0.25) is 0 Å². The summed E-state index contributed by atoms with van der Waals surface area (Å²) in [5.74, 6) is 0.526. The van der Waals surface area contributed by atoms with Crippen LogP contribution in [0.3, 0.4) is 0 Å². The molecule has 0 aliphatic heterocycles. The Hall–Kier alpha value is -2.29. The number of anilines is 1. The zero-order chi connectivity index (χ0) is 11.0. The highest BCUT2D eigenvalue weighted by Gasteiger charge is 2.06. The van der Waals surface area contributed by atoms with Gasteiger partial charge in [-0.3, -0.25) is 0 Å². The summed E-state index contributed by atoms with van der Waals surface area (Å²) in [6, 6.07) is 13.5. The van der Waals surface area contributed by atoms with Crippen molar-refractivity contribution >= 4 is 16.8 Å². The summed E-state index contributed by atoms with van der Waals surface area (Å²) in [7, 11) is 0. The number of hydrogen-bond donors (Lipinski definition) is 1. The number of hydrogen-bond acceptors (Lipinski definition) is 3. The van der Waals surface area contributed by atoms with Crippen LogP contribution in [-0.4, -0.2) is 4.98 Å². The summed E-state index contributed by atoms with van der Waals surface area (Å²) in [4.78, 5) is 4.31. The third-order valence-electron chi connectivity index (χ3n) is 2.54. The van der Waals surface area contributed by atoms with Gasteiger partial charge in [0.05, 0.1) is 12.0 Å². The van der Waals surface area contributed by atoms with E-state index in [1.54, 1.807) is 12.3 Å². The van der Waals surface area contributed by atoms with Gasteiger partial charge in [0.1, 0.15) is 11.4 Å². The minimum atomic E-state index is 0.526. The molecule has 0 atom stereocenters. The van der Waals surface area contributed by atoms with Gasteiger partial charge in [-0.15, -0.1) is 0 Å². The number of pyridine rings is 1. The second kappa shape index (κ2) is 3.38. The molecule has 0 unspecified atom stereocenters. The molecule has 16 heavy (non-hydrogen) atoms. The van der Waals surface area contributed by atoms with E-state index in [0.717, 1.165) is 22.2 Å². The van der Waals surface area contributed by atoms with Gasteiger partial charge in [-0.05, 0) is 24.3 Å². The van der Waals surface area contributed by atoms with E-state index in [1.165, 1.54) is 0 Å². The average Bonchev–Trinajstić information content (AvgIpc) is 2.76. The number of furan rings is 1. The molecule has 2 heterocycles. The maximum Gasteiger partial charge on any atom is 0.134 e. The van der Waals surface area contributed by atoms with Crippen LogP contribution in [0.4, 0.5) is 5.82 Å². The van der Waals surface area contributed by atoms with E-state index in [2.05, 4.69) is 4.98 Å². The molecule has 78 valence electrons. The summed E-state index contributed by atoms with van der Waals surface area (Å²) in [5.41, 5.74) is 8.45. The molecular formula is C13H10N2O. The fraction of sp³-hybridized carbons (Fsp3) is 0. The second-order valence-corrected chi connectivity index (χ2v) is 3.59. The molecule has 0 radical (unpaired) electrons. The van der Waals surface area contributed by atoms with Gasteiger partial charge < -0.3 is 10.2 Å². The molecule has 3 rings (SSSR count). The molecule has 0 spiro atoms. The largest absolute Gasteiger partial charge is 0.464 e. The van der Waals surface area contributed by atoms with Gasteiger partial charge in [-0.2, -0.15) is 0 Å². The van der Waals surface area contributed by atoms with E-state index in [9.17, 15) is 0 Å². The summed E-state index contributed by atoms with van der Waals surface area (Å²) in [6.07, 6.45) is 1.68. The molecule has 3 aromatic rings. The number of nitrogens with two attached hydrogens (primary N) is 1. The third kappa shape index (κ3) is 1.34. The van der Waals surface area contributed by atoms with Crippen LogP contribution in [0.1, 0.15) is 0 Å². The molecule has 2 aromatic heterocycles. The standard InChI is InChI=1S/C13H10N2O/c14-13-6-2-4-11(15-13)9-3-1-5-12-10(9)7-8-16-12/h1-8H,(H2,14,15). The molecule has 2 N–H and O–H groups in total. The Balaban J connectivity index is 2.29. The van der Waals surface area contributed by atoms with Crippen LogP contribution in [0.15, 0.2) is 53.1 Å². The molecule has 0 aliphatic rings. The van der Waals surface area contributed by atoms with Gasteiger partial charge in [0.15, 0.2) is 0 Å². The Bertz CT molecular complexity index is 643. The SMILES string of the molecule is Nc1cccc(-c2cccc3occc23)n1. The molecule has 0 saturated heterocycles. The Labute approximate surface area is 92.5 Å². The highest BCUT2D eigenvalue weighted by Crippen LogP contribution is 2.28. The van der Waals surface area contributed by atoms with Crippen molar-refractivity contribution in [3.05, 3.63) is 48.7 Å². The zero-order valence-corrected chi connectivity index (χ0v) is 8.55. The lowest BCUT2D eigenvalue weighted by atomic mass is 10.1. The van der Waals surface area contributed by atoms with Crippen molar-refractivity contribution in [3.8, 4) is 11.3 Å². The van der Waals surface area contributed by atoms with Crippen molar-refractivity contribution in [1.82, 2.24) is 4.98 Å². The number of rotatable bonds is 1. The van der Waals surface area contributed by atoms with E-state index in [4.69, 9.17) is 10.2 Å². The summed E-state index contributed by atoms with van der Waals surface area (Å²) in [5, 5.41) is 1.06. The molecule has 0 fully saturated rings. The van der Waals surface area contributed by atoms with Crippen LogP contribution in [-0.2, 0) is 0 Å². The Morgan fingerprint density at radius 1 is 1.00 bits per heavy atom. The van der Waals surface area contributed by atoms with E-state index in [0.29, 0.717) is 5.82 Å². The first-order chi connectivity index (χ1) is 7.84. The highest BCUT2D eigenvalue weighted by atomic mass is 16.3. The van der Waals surface area contributed by atoms with Crippen LogP contribution in [0.25, 0.3) is 22.2 Å². The Kier molecular flexibility index (Phi) is 1.90. The number of benzene rings is 1. The molecule has 1 aromatic carbocycles. The minimum absolute atomic E-state index is 0.526. The highest BCUT2D eigenvalue weighted by molar-refractivity contribution is 5.92. The minimum Gasteiger partial charge on any atom is -0.464 e. The molecular weight excluding hydrogens is 200 g/mol. The van der Waals surface area contributed by atoms with Gasteiger partial charge in [0, 0.05) is 10.9 Å². The van der Waals surface area contributed by atoms with Crippen molar-refractivity contribution in [2.75, 3.05) is 5.73 Å². The van der Waals surface area contributed by atoms with Crippen molar-refractivity contribution in [2.24, 2.45) is 0 Å². The quantitative estimate of drug-likeness (QED) is 0.671. The lowest BCUT2D eigenvalue weighted by Gasteiger charge is -2.02. The summed E-state index contributed by atoms with van der Waals surface area (Å²) in [6.45, 7) is 0. The summed E-state index contributed by atoms with van der Waals surface area (Å²) < 4.78 is 5.35. The number of nitrogen functional groups attached to an aromatic ring is 1. The monoisotopic (exact) mass is 210 g/mol. The smallest absolute Gasteiger partial charge is 0.134 e. The molecule has 0 amide bonds. The van der Waals surface area contributed by atoms with Crippen molar-refractivity contribution in [2.45, 2.75) is 0 Å². The first-order valence-corrected chi connectivity index (χ1v) is 5.04. The lowest BCUT2D eigenvalue weighted by molar-refractivity contribution is 0.616. The maximum absolute atomic E-state index is 5.68. The first-order valence-electron chi connectivity index (χ1n) is 5.04. The lowest BCUT2D eigenvalue weighted by Crippen LogP contribution is -1.91. The predicted molar refractivity (Wildman–Crippen MR) is 63.9 cm³/mol. The molecule has 0 saturated carbocycles. The average molecular weight is 210 g/mol. The number of fused-ring (bicyclic) bond motifs is 1.